The van der Waals surface area contributed by atoms with Gasteiger partial charge in [0.15, 0.2) is 0 Å². The van der Waals surface area contributed by atoms with Gasteiger partial charge in [0, 0.05) is 11.4 Å². The van der Waals surface area contributed by atoms with Gasteiger partial charge in [0.2, 0.25) is 0 Å². The number of rotatable bonds is 4. The van der Waals surface area contributed by atoms with Gasteiger partial charge in [-0.15, -0.1) is 22.5 Å². The molecule has 0 fully saturated rings. The molecule has 0 radical (unpaired) electrons. The lowest BCUT2D eigenvalue weighted by Gasteiger charge is -2.34. The minimum Gasteiger partial charge on any atom is -0.305 e. The second-order valence-electron chi connectivity index (χ2n) is 5.12. The fraction of sp³-hybridized carbons (Fsp3) is 0.111. The van der Waals surface area contributed by atoms with Crippen LogP contribution in [0.1, 0.15) is 17.5 Å². The Morgan fingerprint density at radius 1 is 1.00 bits per heavy atom. The molecule has 5 heteroatoms. The molecule has 0 aliphatic rings. The topological polar surface area (TPSA) is 30.7 Å². The quantitative estimate of drug-likeness (QED) is 0.681. The molecule has 0 amide bonds. The lowest BCUT2D eigenvalue weighted by atomic mass is 9.80. The second kappa shape index (κ2) is 6.23. The minimum atomic E-state index is -0.726. The highest BCUT2D eigenvalue weighted by atomic mass is 35.5. The Balaban J connectivity index is 2.29. The van der Waals surface area contributed by atoms with Gasteiger partial charge in [-0.1, -0.05) is 35.9 Å². The first-order chi connectivity index (χ1) is 11.2. The fourth-order valence-corrected chi connectivity index (χ4v) is 2.88. The van der Waals surface area contributed by atoms with Gasteiger partial charge in [0.05, 0.1) is 0 Å². The summed E-state index contributed by atoms with van der Waals surface area (Å²) in [6.45, 7) is 0. The van der Waals surface area contributed by atoms with E-state index < -0.39 is 5.54 Å². The lowest BCUT2D eigenvalue weighted by molar-refractivity contribution is 0.438. The maximum atomic E-state index is 13.4. The Kier molecular flexibility index (Phi) is 4.14. The van der Waals surface area contributed by atoms with Crippen molar-refractivity contribution in [2.45, 2.75) is 12.0 Å². The van der Waals surface area contributed by atoms with Gasteiger partial charge in [0.25, 0.3) is 0 Å². The van der Waals surface area contributed by atoms with Crippen molar-refractivity contribution in [3.63, 3.8) is 0 Å². The highest BCUT2D eigenvalue weighted by Gasteiger charge is 2.35. The number of hydrogen-bond acceptors (Lipinski definition) is 2. The van der Waals surface area contributed by atoms with E-state index in [1.165, 1.54) is 12.1 Å². The van der Waals surface area contributed by atoms with Crippen LogP contribution in [0.25, 0.3) is 0 Å². The average molecular weight is 326 g/mol. The average Bonchev–Trinajstić information content (AvgIpc) is 3.09. The van der Waals surface area contributed by atoms with Crippen LogP contribution in [0.2, 0.25) is 5.02 Å². The van der Waals surface area contributed by atoms with Crippen LogP contribution in [-0.2, 0) is 5.54 Å². The normalized spacial score (nSPS) is 13.3. The summed E-state index contributed by atoms with van der Waals surface area (Å²) in [5.41, 5.74) is 1.04. The summed E-state index contributed by atoms with van der Waals surface area (Å²) in [6, 6.07) is 13.7. The Hall–Kier alpha value is -2.64. The molecule has 2 aromatic carbocycles. The third-order valence-electron chi connectivity index (χ3n) is 3.86. The van der Waals surface area contributed by atoms with Gasteiger partial charge in [-0.2, -0.15) is 0 Å². The molecule has 23 heavy (non-hydrogen) atoms. The Morgan fingerprint density at radius 2 is 1.52 bits per heavy atom. The van der Waals surface area contributed by atoms with E-state index >= 15 is 0 Å². The molecule has 0 saturated carbocycles. The summed E-state index contributed by atoms with van der Waals surface area (Å²) in [5.74, 6) is 2.42. The molecule has 0 aliphatic heterocycles. The lowest BCUT2D eigenvalue weighted by Crippen LogP contribution is -2.35. The summed E-state index contributed by atoms with van der Waals surface area (Å²) in [4.78, 5) is 0. The van der Waals surface area contributed by atoms with Gasteiger partial charge in [0.1, 0.15) is 24.0 Å². The highest BCUT2D eigenvalue weighted by molar-refractivity contribution is 6.30. The van der Waals surface area contributed by atoms with Crippen LogP contribution in [0.4, 0.5) is 4.39 Å². The first kappa shape index (κ1) is 15.3. The molecule has 3 aromatic rings. The number of halogens is 2. The van der Waals surface area contributed by atoms with Crippen molar-refractivity contribution in [3.05, 3.63) is 83.2 Å². The smallest absolute Gasteiger partial charge is 0.123 e. The third-order valence-corrected chi connectivity index (χ3v) is 4.11. The van der Waals surface area contributed by atoms with Crippen molar-refractivity contribution in [2.24, 2.45) is 0 Å². The van der Waals surface area contributed by atoms with Crippen LogP contribution in [0.3, 0.4) is 0 Å². The largest absolute Gasteiger partial charge is 0.305 e. The molecule has 1 atom stereocenters. The molecule has 0 spiro atoms. The molecule has 3 nitrogen and oxygen atoms in total. The van der Waals surface area contributed by atoms with Crippen molar-refractivity contribution in [1.82, 2.24) is 14.8 Å². The van der Waals surface area contributed by atoms with Gasteiger partial charge in [-0.25, -0.2) is 4.39 Å². The van der Waals surface area contributed by atoms with Crippen LogP contribution in [0.5, 0.6) is 0 Å². The Labute approximate surface area is 138 Å². The monoisotopic (exact) mass is 325 g/mol. The van der Waals surface area contributed by atoms with Crippen molar-refractivity contribution >= 4 is 11.6 Å². The van der Waals surface area contributed by atoms with Crippen LogP contribution >= 0.6 is 11.6 Å². The highest BCUT2D eigenvalue weighted by Crippen LogP contribution is 2.37. The standard InChI is InChI=1S/C18H13ClFN3/c1-2-11-18(23-12-21-22-13-23,14-3-7-16(19)8-4-14)15-5-9-17(20)10-6-15/h1,3-10,12-13H,11H2. The molecule has 114 valence electrons. The van der Waals surface area contributed by atoms with E-state index in [1.54, 1.807) is 36.9 Å². The SMILES string of the molecule is C#CCC(c1ccc(F)cc1)(c1ccc(Cl)cc1)n1cnnc1. The molecular weight excluding hydrogens is 313 g/mol. The van der Waals surface area contributed by atoms with Crippen LogP contribution in [-0.4, -0.2) is 14.8 Å². The summed E-state index contributed by atoms with van der Waals surface area (Å²) in [5, 5.41) is 8.43. The molecule has 1 unspecified atom stereocenters. The molecule has 0 saturated heterocycles. The number of aromatic nitrogens is 3. The molecule has 0 aliphatic carbocycles. The van der Waals surface area contributed by atoms with E-state index in [-0.39, 0.29) is 5.82 Å². The Morgan fingerprint density at radius 3 is 2.04 bits per heavy atom. The summed E-state index contributed by atoms with van der Waals surface area (Å²) in [6.07, 6.45) is 9.22. The third kappa shape index (κ3) is 2.71. The van der Waals surface area contributed by atoms with E-state index in [4.69, 9.17) is 18.0 Å². The fourth-order valence-electron chi connectivity index (χ4n) is 2.76. The van der Waals surface area contributed by atoms with Crippen molar-refractivity contribution in [2.75, 3.05) is 0 Å². The molecule has 3 rings (SSSR count). The van der Waals surface area contributed by atoms with E-state index in [0.717, 1.165) is 11.1 Å². The Bertz CT molecular complexity index is 773. The first-order valence-electron chi connectivity index (χ1n) is 6.97. The van der Waals surface area contributed by atoms with Gasteiger partial charge >= 0.3 is 0 Å². The zero-order valence-corrected chi connectivity index (χ0v) is 12.9. The maximum Gasteiger partial charge on any atom is 0.123 e. The van der Waals surface area contributed by atoms with Gasteiger partial charge in [-0.3, -0.25) is 0 Å². The van der Waals surface area contributed by atoms with Crippen molar-refractivity contribution < 1.29 is 4.39 Å². The summed E-state index contributed by atoms with van der Waals surface area (Å²) >= 11 is 6.01. The maximum absolute atomic E-state index is 13.4. The molecular formula is C18H13ClFN3. The van der Waals surface area contributed by atoms with Crippen molar-refractivity contribution in [3.8, 4) is 12.3 Å². The van der Waals surface area contributed by atoms with Gasteiger partial charge < -0.3 is 4.57 Å². The van der Waals surface area contributed by atoms with Crippen molar-refractivity contribution in [1.29, 1.82) is 0 Å². The molecule has 0 bridgehead atoms. The molecule has 0 N–H and O–H groups in total. The van der Waals surface area contributed by atoms with E-state index in [0.29, 0.717) is 11.4 Å². The molecule has 1 aromatic heterocycles. The number of terminal acetylenes is 1. The first-order valence-corrected chi connectivity index (χ1v) is 7.35. The molecule has 1 heterocycles. The summed E-state index contributed by atoms with van der Waals surface area (Å²) < 4.78 is 15.2. The van der Waals surface area contributed by atoms with Crippen LogP contribution in [0.15, 0.2) is 61.2 Å². The van der Waals surface area contributed by atoms with E-state index in [1.807, 2.05) is 16.7 Å². The van der Waals surface area contributed by atoms with E-state index in [9.17, 15) is 4.39 Å². The number of nitrogens with zero attached hydrogens (tertiary/aromatic N) is 3. The zero-order valence-electron chi connectivity index (χ0n) is 12.2. The summed E-state index contributed by atoms with van der Waals surface area (Å²) in [7, 11) is 0. The predicted octanol–water partition coefficient (Wildman–Crippen LogP) is 3.89. The minimum absolute atomic E-state index is 0.303. The number of benzene rings is 2. The predicted molar refractivity (Wildman–Crippen MR) is 87.5 cm³/mol. The van der Waals surface area contributed by atoms with Crippen LogP contribution < -0.4 is 0 Å². The zero-order chi connectivity index (χ0) is 16.3. The van der Waals surface area contributed by atoms with Gasteiger partial charge in [-0.05, 0) is 35.4 Å². The van der Waals surface area contributed by atoms with E-state index in [2.05, 4.69) is 16.1 Å². The second-order valence-corrected chi connectivity index (χ2v) is 5.56. The number of hydrogen-bond donors (Lipinski definition) is 0. The van der Waals surface area contributed by atoms with Crippen LogP contribution in [0, 0.1) is 18.2 Å².